The highest BCUT2D eigenvalue weighted by molar-refractivity contribution is 6.34. The van der Waals surface area contributed by atoms with Gasteiger partial charge in [-0.25, -0.2) is 0 Å². The summed E-state index contributed by atoms with van der Waals surface area (Å²) < 4.78 is 0. The predicted octanol–water partition coefficient (Wildman–Crippen LogP) is 3.93. The molecule has 18 heavy (non-hydrogen) atoms. The molecule has 0 aliphatic rings. The van der Waals surface area contributed by atoms with Crippen LogP contribution in [0, 0.1) is 6.92 Å². The monoisotopic (exact) mass is 236 g/mol. The maximum Gasteiger partial charge on any atom is 0.114 e. The lowest BCUT2D eigenvalue weighted by molar-refractivity contribution is 1.14. The third-order valence-electron chi connectivity index (χ3n) is 2.74. The number of aryl methyl sites for hydroxylation is 2. The van der Waals surface area contributed by atoms with Gasteiger partial charge in [-0.2, -0.15) is 0 Å². The molecule has 2 radical (unpaired) electrons. The molecule has 0 amide bonds. The predicted molar refractivity (Wildman–Crippen MR) is 84.6 cm³/mol. The molecule has 0 fully saturated rings. The van der Waals surface area contributed by atoms with E-state index in [1.54, 1.807) is 6.08 Å². The Kier molecular flexibility index (Phi) is 6.00. The number of hydrogen-bond donors (Lipinski definition) is 0. The maximum atomic E-state index is 5.56. The van der Waals surface area contributed by atoms with Gasteiger partial charge in [-0.3, -0.25) is 0 Å². The van der Waals surface area contributed by atoms with Crippen molar-refractivity contribution in [1.82, 2.24) is 0 Å². The van der Waals surface area contributed by atoms with Gasteiger partial charge in [-0.1, -0.05) is 79.1 Å². The van der Waals surface area contributed by atoms with E-state index in [0.717, 1.165) is 17.4 Å². The standard InChI is InChI=1S/C9H12.C8H7B.H2/c1-3-9-6-4-8(2)5-7-9;1-2-7-5-3-4-6-8(7)9;/h4-7H,3H2,1-2H3;2-6H,1H2;1H. The molecule has 0 saturated heterocycles. The smallest absolute Gasteiger partial charge is 0.0985 e. The van der Waals surface area contributed by atoms with Gasteiger partial charge in [0.05, 0.1) is 0 Å². The fourth-order valence-corrected chi connectivity index (χ4v) is 1.52. The van der Waals surface area contributed by atoms with Crippen LogP contribution in [0.2, 0.25) is 0 Å². The van der Waals surface area contributed by atoms with E-state index < -0.39 is 0 Å². The van der Waals surface area contributed by atoms with Gasteiger partial charge in [0.15, 0.2) is 0 Å². The van der Waals surface area contributed by atoms with Crippen LogP contribution in [-0.4, -0.2) is 7.85 Å². The quantitative estimate of drug-likeness (QED) is 0.693. The van der Waals surface area contributed by atoms with Gasteiger partial charge in [0.2, 0.25) is 0 Å². The summed E-state index contributed by atoms with van der Waals surface area (Å²) in [4.78, 5) is 0. The normalized spacial score (nSPS) is 9.22. The van der Waals surface area contributed by atoms with Gasteiger partial charge in [0, 0.05) is 1.43 Å². The lowest BCUT2D eigenvalue weighted by Crippen LogP contribution is -2.04. The molecular formula is C17H21B. The first kappa shape index (κ1) is 14.3. The zero-order valence-corrected chi connectivity index (χ0v) is 11.2. The molecule has 2 rings (SSSR count). The van der Waals surface area contributed by atoms with E-state index in [2.05, 4.69) is 44.7 Å². The van der Waals surface area contributed by atoms with Gasteiger partial charge >= 0.3 is 0 Å². The molecule has 0 N–H and O–H groups in total. The van der Waals surface area contributed by atoms with E-state index in [0.29, 0.717) is 0 Å². The fraction of sp³-hybridized carbons (Fsp3) is 0.176. The van der Waals surface area contributed by atoms with E-state index in [1.807, 2.05) is 24.3 Å². The molecule has 92 valence electrons. The van der Waals surface area contributed by atoms with Crippen LogP contribution in [-0.2, 0) is 6.42 Å². The molecule has 0 spiro atoms. The fourth-order valence-electron chi connectivity index (χ4n) is 1.52. The number of benzene rings is 2. The highest BCUT2D eigenvalue weighted by Gasteiger charge is 1.86. The second-order valence-electron chi connectivity index (χ2n) is 4.17. The Bertz CT molecular complexity index is 489. The third kappa shape index (κ3) is 4.62. The van der Waals surface area contributed by atoms with Gasteiger partial charge in [0.25, 0.3) is 0 Å². The van der Waals surface area contributed by atoms with E-state index in [9.17, 15) is 0 Å². The Morgan fingerprint density at radius 3 is 2.17 bits per heavy atom. The van der Waals surface area contributed by atoms with Crippen LogP contribution >= 0.6 is 0 Å². The van der Waals surface area contributed by atoms with Crippen LogP contribution < -0.4 is 5.46 Å². The van der Waals surface area contributed by atoms with E-state index in [1.165, 1.54) is 11.1 Å². The minimum absolute atomic E-state index is 0. The van der Waals surface area contributed by atoms with Crippen molar-refractivity contribution in [3.8, 4) is 0 Å². The van der Waals surface area contributed by atoms with Crippen molar-refractivity contribution in [2.24, 2.45) is 0 Å². The third-order valence-corrected chi connectivity index (χ3v) is 2.74. The van der Waals surface area contributed by atoms with Crippen molar-refractivity contribution in [2.75, 3.05) is 0 Å². The summed E-state index contributed by atoms with van der Waals surface area (Å²) in [5.41, 5.74) is 4.54. The van der Waals surface area contributed by atoms with Gasteiger partial charge in [-0.15, -0.1) is 0 Å². The van der Waals surface area contributed by atoms with Crippen molar-refractivity contribution in [1.29, 1.82) is 0 Å². The number of hydrogen-bond acceptors (Lipinski definition) is 0. The zero-order chi connectivity index (χ0) is 13.4. The van der Waals surface area contributed by atoms with Crippen molar-refractivity contribution < 1.29 is 1.43 Å². The average Bonchev–Trinajstić information content (AvgIpc) is 2.41. The van der Waals surface area contributed by atoms with Crippen LogP contribution in [0.5, 0.6) is 0 Å². The Hall–Kier alpha value is -1.76. The molecule has 0 atom stereocenters. The molecule has 2 aromatic rings. The summed E-state index contributed by atoms with van der Waals surface area (Å²) in [6.07, 6.45) is 2.88. The molecule has 0 saturated carbocycles. The summed E-state index contributed by atoms with van der Waals surface area (Å²) in [7, 11) is 5.56. The van der Waals surface area contributed by atoms with Crippen molar-refractivity contribution in [3.63, 3.8) is 0 Å². The molecule has 0 aliphatic heterocycles. The molecule has 0 aliphatic carbocycles. The summed E-state index contributed by atoms with van der Waals surface area (Å²) in [5.74, 6) is 0. The van der Waals surface area contributed by atoms with Crippen LogP contribution in [0.4, 0.5) is 0 Å². The first-order valence-corrected chi connectivity index (χ1v) is 6.19. The first-order chi connectivity index (χ1) is 8.67. The van der Waals surface area contributed by atoms with Crippen LogP contribution in [0.15, 0.2) is 55.1 Å². The molecule has 0 nitrogen and oxygen atoms in total. The molecule has 0 aromatic heterocycles. The van der Waals surface area contributed by atoms with E-state index in [-0.39, 0.29) is 1.43 Å². The van der Waals surface area contributed by atoms with Gasteiger partial charge < -0.3 is 0 Å². The summed E-state index contributed by atoms with van der Waals surface area (Å²) >= 11 is 0. The molecule has 0 unspecified atom stereocenters. The Morgan fingerprint density at radius 1 is 1.11 bits per heavy atom. The van der Waals surface area contributed by atoms with E-state index >= 15 is 0 Å². The second-order valence-corrected chi connectivity index (χ2v) is 4.17. The largest absolute Gasteiger partial charge is 0.114 e. The van der Waals surface area contributed by atoms with Crippen molar-refractivity contribution in [2.45, 2.75) is 20.3 Å². The lowest BCUT2D eigenvalue weighted by atomic mass is 9.91. The van der Waals surface area contributed by atoms with E-state index in [4.69, 9.17) is 7.85 Å². The van der Waals surface area contributed by atoms with Crippen molar-refractivity contribution >= 4 is 19.4 Å². The number of rotatable bonds is 2. The lowest BCUT2D eigenvalue weighted by Gasteiger charge is -1.95. The highest BCUT2D eigenvalue weighted by atomic mass is 13.9. The topological polar surface area (TPSA) is 0 Å². The van der Waals surface area contributed by atoms with Crippen LogP contribution in [0.1, 0.15) is 25.0 Å². The van der Waals surface area contributed by atoms with Crippen molar-refractivity contribution in [3.05, 3.63) is 71.8 Å². The summed E-state index contributed by atoms with van der Waals surface area (Å²) in [5, 5.41) is 0. The minimum Gasteiger partial charge on any atom is -0.0985 e. The average molecular weight is 236 g/mol. The van der Waals surface area contributed by atoms with Gasteiger partial charge in [0.1, 0.15) is 7.85 Å². The molecule has 0 heterocycles. The summed E-state index contributed by atoms with van der Waals surface area (Å²) in [6, 6.07) is 16.3. The van der Waals surface area contributed by atoms with Crippen LogP contribution in [0.25, 0.3) is 6.08 Å². The van der Waals surface area contributed by atoms with Crippen LogP contribution in [0.3, 0.4) is 0 Å². The maximum absolute atomic E-state index is 5.56. The Labute approximate surface area is 113 Å². The Balaban J connectivity index is 0.000000324. The SMILES string of the molecule is CCc1ccc(C)cc1.[B]c1ccccc1C=C.[HH]. The first-order valence-electron chi connectivity index (χ1n) is 6.19. The molecule has 1 heteroatoms. The zero-order valence-electron chi connectivity index (χ0n) is 11.2. The Morgan fingerprint density at radius 2 is 1.72 bits per heavy atom. The highest BCUT2D eigenvalue weighted by Crippen LogP contribution is 2.02. The summed E-state index contributed by atoms with van der Waals surface area (Å²) in [6.45, 7) is 7.89. The van der Waals surface area contributed by atoms with Gasteiger partial charge in [-0.05, 0) is 24.5 Å². The molecular weight excluding hydrogens is 215 g/mol. The molecule has 0 bridgehead atoms. The molecule has 2 aromatic carbocycles. The second kappa shape index (κ2) is 7.55. The minimum atomic E-state index is 0.